The number of nitrogen functional groups attached to an aromatic ring is 1. The van der Waals surface area contributed by atoms with Gasteiger partial charge in [0.1, 0.15) is 0 Å². The number of rotatable bonds is 1. The second-order valence-corrected chi connectivity index (χ2v) is 4.56. The standard InChI is InChI=1S/C10H14BrN3/c1-6(2)14-5-13-8-4-3-7(12)9(11)10(8)14/h3-4,6,13H,5,12H2,1-2H3. The zero-order valence-corrected chi connectivity index (χ0v) is 9.93. The zero-order valence-electron chi connectivity index (χ0n) is 8.34. The highest BCUT2D eigenvalue weighted by atomic mass is 79.9. The fourth-order valence-corrected chi connectivity index (χ4v) is 2.27. The van der Waals surface area contributed by atoms with Crippen LogP contribution in [0.3, 0.4) is 0 Å². The van der Waals surface area contributed by atoms with Gasteiger partial charge in [0, 0.05) is 11.7 Å². The van der Waals surface area contributed by atoms with Gasteiger partial charge in [0.15, 0.2) is 0 Å². The summed E-state index contributed by atoms with van der Waals surface area (Å²) in [6.45, 7) is 5.20. The van der Waals surface area contributed by atoms with E-state index in [1.54, 1.807) is 0 Å². The Morgan fingerprint density at radius 1 is 1.50 bits per heavy atom. The van der Waals surface area contributed by atoms with Crippen LogP contribution in [0.4, 0.5) is 17.1 Å². The van der Waals surface area contributed by atoms with Crippen molar-refractivity contribution in [1.29, 1.82) is 0 Å². The molecule has 0 unspecified atom stereocenters. The van der Waals surface area contributed by atoms with Crippen LogP contribution in [-0.2, 0) is 0 Å². The maximum Gasteiger partial charge on any atom is 0.0880 e. The Hall–Kier alpha value is -0.900. The van der Waals surface area contributed by atoms with Gasteiger partial charge in [-0.3, -0.25) is 0 Å². The van der Waals surface area contributed by atoms with Crippen molar-refractivity contribution in [3.63, 3.8) is 0 Å². The maximum atomic E-state index is 5.85. The average Bonchev–Trinajstić information content (AvgIpc) is 2.55. The number of hydrogen-bond donors (Lipinski definition) is 2. The largest absolute Gasteiger partial charge is 0.398 e. The molecule has 0 bridgehead atoms. The normalized spacial score (nSPS) is 14.4. The molecule has 0 aromatic heterocycles. The number of halogens is 1. The number of nitrogens with zero attached hydrogens (tertiary/aromatic N) is 1. The molecule has 4 heteroatoms. The fourth-order valence-electron chi connectivity index (χ4n) is 1.69. The van der Waals surface area contributed by atoms with Crippen LogP contribution in [0.5, 0.6) is 0 Å². The van der Waals surface area contributed by atoms with Crippen LogP contribution in [0.15, 0.2) is 16.6 Å². The highest BCUT2D eigenvalue weighted by molar-refractivity contribution is 9.10. The van der Waals surface area contributed by atoms with Crippen molar-refractivity contribution in [2.24, 2.45) is 0 Å². The first-order chi connectivity index (χ1) is 6.61. The maximum absolute atomic E-state index is 5.85. The van der Waals surface area contributed by atoms with Crippen molar-refractivity contribution in [3.05, 3.63) is 16.6 Å². The number of anilines is 3. The van der Waals surface area contributed by atoms with Crippen LogP contribution in [-0.4, -0.2) is 12.7 Å². The van der Waals surface area contributed by atoms with Gasteiger partial charge in [0.25, 0.3) is 0 Å². The Bertz CT molecular complexity index is 363. The third kappa shape index (κ3) is 1.34. The van der Waals surface area contributed by atoms with Gasteiger partial charge in [-0.1, -0.05) is 0 Å². The van der Waals surface area contributed by atoms with E-state index < -0.39 is 0 Å². The first-order valence-electron chi connectivity index (χ1n) is 4.69. The van der Waals surface area contributed by atoms with E-state index in [4.69, 9.17) is 5.73 Å². The molecule has 3 N–H and O–H groups in total. The van der Waals surface area contributed by atoms with Gasteiger partial charge in [-0.05, 0) is 41.9 Å². The number of hydrogen-bond acceptors (Lipinski definition) is 3. The molecule has 0 spiro atoms. The van der Waals surface area contributed by atoms with Crippen molar-refractivity contribution in [2.45, 2.75) is 19.9 Å². The average molecular weight is 256 g/mol. The smallest absolute Gasteiger partial charge is 0.0880 e. The molecule has 0 fully saturated rings. The van der Waals surface area contributed by atoms with E-state index in [2.05, 4.69) is 40.0 Å². The summed E-state index contributed by atoms with van der Waals surface area (Å²) >= 11 is 3.53. The molecule has 1 aliphatic rings. The number of fused-ring (bicyclic) bond motifs is 1. The quantitative estimate of drug-likeness (QED) is 0.759. The summed E-state index contributed by atoms with van der Waals surface area (Å²) in [5.41, 5.74) is 8.98. The minimum Gasteiger partial charge on any atom is -0.398 e. The molecular formula is C10H14BrN3. The fraction of sp³-hybridized carbons (Fsp3) is 0.400. The molecule has 76 valence electrons. The van der Waals surface area contributed by atoms with Gasteiger partial charge in [0.05, 0.1) is 22.5 Å². The molecule has 1 heterocycles. The summed E-state index contributed by atoms with van der Waals surface area (Å²) in [5.74, 6) is 0. The summed E-state index contributed by atoms with van der Waals surface area (Å²) < 4.78 is 0.994. The molecule has 0 radical (unpaired) electrons. The minimum atomic E-state index is 0.474. The van der Waals surface area contributed by atoms with E-state index in [1.807, 2.05) is 12.1 Å². The molecule has 1 aromatic carbocycles. The third-order valence-electron chi connectivity index (χ3n) is 2.50. The lowest BCUT2D eigenvalue weighted by molar-refractivity contribution is 0.726. The topological polar surface area (TPSA) is 41.3 Å². The predicted octanol–water partition coefficient (Wildman–Crippen LogP) is 2.63. The Balaban J connectivity index is 2.52. The lowest BCUT2D eigenvalue weighted by atomic mass is 10.2. The lowest BCUT2D eigenvalue weighted by Gasteiger charge is -2.23. The van der Waals surface area contributed by atoms with Crippen LogP contribution in [0.25, 0.3) is 0 Å². The van der Waals surface area contributed by atoms with Crippen LogP contribution in [0.2, 0.25) is 0 Å². The van der Waals surface area contributed by atoms with Crippen molar-refractivity contribution in [2.75, 3.05) is 22.6 Å². The van der Waals surface area contributed by atoms with Gasteiger partial charge in [0.2, 0.25) is 0 Å². The van der Waals surface area contributed by atoms with E-state index >= 15 is 0 Å². The summed E-state index contributed by atoms with van der Waals surface area (Å²) in [4.78, 5) is 2.29. The molecule has 0 saturated heterocycles. The summed E-state index contributed by atoms with van der Waals surface area (Å²) in [7, 11) is 0. The molecule has 0 atom stereocenters. The first-order valence-corrected chi connectivity index (χ1v) is 5.49. The van der Waals surface area contributed by atoms with Gasteiger partial charge in [-0.2, -0.15) is 0 Å². The Kier molecular flexibility index (Phi) is 2.31. The minimum absolute atomic E-state index is 0.474. The highest BCUT2D eigenvalue weighted by Gasteiger charge is 2.24. The Morgan fingerprint density at radius 3 is 2.86 bits per heavy atom. The van der Waals surface area contributed by atoms with Crippen LogP contribution in [0.1, 0.15) is 13.8 Å². The molecule has 1 aliphatic heterocycles. The third-order valence-corrected chi connectivity index (χ3v) is 3.33. The second kappa shape index (κ2) is 3.35. The number of benzene rings is 1. The van der Waals surface area contributed by atoms with E-state index in [0.29, 0.717) is 6.04 Å². The molecule has 0 amide bonds. The van der Waals surface area contributed by atoms with Crippen molar-refractivity contribution >= 4 is 33.0 Å². The molecule has 3 nitrogen and oxygen atoms in total. The predicted molar refractivity (Wildman–Crippen MR) is 64.7 cm³/mol. The van der Waals surface area contributed by atoms with Crippen molar-refractivity contribution < 1.29 is 0 Å². The molecule has 1 aromatic rings. The summed E-state index contributed by atoms with van der Waals surface area (Å²) in [5, 5.41) is 3.34. The van der Waals surface area contributed by atoms with Crippen molar-refractivity contribution in [1.82, 2.24) is 0 Å². The number of nitrogens with one attached hydrogen (secondary N) is 1. The molecular weight excluding hydrogens is 242 g/mol. The lowest BCUT2D eigenvalue weighted by Crippen LogP contribution is -2.30. The van der Waals surface area contributed by atoms with Gasteiger partial charge in [-0.15, -0.1) is 0 Å². The van der Waals surface area contributed by atoms with Gasteiger partial charge in [-0.25, -0.2) is 0 Å². The van der Waals surface area contributed by atoms with Gasteiger partial charge < -0.3 is 16.0 Å². The second-order valence-electron chi connectivity index (χ2n) is 3.76. The SMILES string of the molecule is CC(C)N1CNc2ccc(N)c(Br)c21. The molecule has 0 aliphatic carbocycles. The van der Waals surface area contributed by atoms with Crippen molar-refractivity contribution in [3.8, 4) is 0 Å². The molecule has 14 heavy (non-hydrogen) atoms. The summed E-state index contributed by atoms with van der Waals surface area (Å²) in [6.07, 6.45) is 0. The van der Waals surface area contributed by atoms with E-state index in [1.165, 1.54) is 5.69 Å². The van der Waals surface area contributed by atoms with Crippen LogP contribution in [0, 0.1) is 0 Å². The molecule has 2 rings (SSSR count). The zero-order chi connectivity index (χ0) is 10.3. The number of nitrogens with two attached hydrogens (primary N) is 1. The van der Waals surface area contributed by atoms with E-state index in [-0.39, 0.29) is 0 Å². The summed E-state index contributed by atoms with van der Waals surface area (Å²) in [6, 6.07) is 4.42. The van der Waals surface area contributed by atoms with Crippen LogP contribution >= 0.6 is 15.9 Å². The van der Waals surface area contributed by atoms with E-state index in [0.717, 1.165) is 22.5 Å². The van der Waals surface area contributed by atoms with Crippen LogP contribution < -0.4 is 16.0 Å². The molecule has 0 saturated carbocycles. The van der Waals surface area contributed by atoms with E-state index in [9.17, 15) is 0 Å². The highest BCUT2D eigenvalue weighted by Crippen LogP contribution is 2.42. The first kappa shape index (κ1) is 9.65. The Labute approximate surface area is 92.4 Å². The monoisotopic (exact) mass is 255 g/mol. The van der Waals surface area contributed by atoms with Gasteiger partial charge >= 0.3 is 0 Å². The Morgan fingerprint density at radius 2 is 2.21 bits per heavy atom.